The second-order valence-corrected chi connectivity index (χ2v) is 8.60. The number of ether oxygens (including phenoxy) is 4. The first kappa shape index (κ1) is 26.5. The molecular weight excluding hydrogens is 486 g/mol. The van der Waals surface area contributed by atoms with Crippen LogP contribution in [0, 0.1) is 0 Å². The van der Waals surface area contributed by atoms with E-state index in [0.717, 1.165) is 0 Å². The van der Waals surface area contributed by atoms with Crippen molar-refractivity contribution in [3.63, 3.8) is 0 Å². The third-order valence-electron chi connectivity index (χ3n) is 2.98. The molecule has 0 aromatic heterocycles. The second-order valence-electron chi connectivity index (χ2n) is 4.65. The van der Waals surface area contributed by atoms with Crippen LogP contribution in [0.1, 0.15) is 0 Å². The van der Waals surface area contributed by atoms with E-state index in [0.29, 0.717) is 0 Å². The van der Waals surface area contributed by atoms with Gasteiger partial charge in [0.15, 0.2) is 0 Å². The Hall–Kier alpha value is -1.76. The number of nitrogens with one attached hydrogen (secondary N) is 4. The Bertz CT molecular complexity index is 397. The lowest BCUT2D eigenvalue weighted by molar-refractivity contribution is -0.0000253. The summed E-state index contributed by atoms with van der Waals surface area (Å²) in [7, 11) is 2.37. The molecule has 0 atom stereocenters. The molecular formula is C12H24IN4O8P. The zero-order valence-corrected chi connectivity index (χ0v) is 18.0. The third kappa shape index (κ3) is 11.0. The van der Waals surface area contributed by atoms with Crippen molar-refractivity contribution in [3.8, 4) is 0 Å². The van der Waals surface area contributed by atoms with Crippen LogP contribution >= 0.6 is 7.26 Å². The van der Waals surface area contributed by atoms with Crippen LogP contribution in [0.15, 0.2) is 0 Å². The molecule has 0 rings (SSSR count). The van der Waals surface area contributed by atoms with Gasteiger partial charge in [0.25, 0.3) is 0 Å². The van der Waals surface area contributed by atoms with E-state index >= 15 is 0 Å². The number of carbonyl (C=O) groups is 4. The van der Waals surface area contributed by atoms with Crippen molar-refractivity contribution in [2.24, 2.45) is 0 Å². The van der Waals surface area contributed by atoms with Crippen molar-refractivity contribution in [3.05, 3.63) is 0 Å². The standard InChI is InChI=1S/C12H23N4O8P.HI/c1-21-9(17)13-5-25(6-14-10(18)22-2,7-15-11(19)23-3)8-16-12(20)24-4;/h5-8H2,1-4H3,(H3-,13,14,15,16,17,18,19,20);1H. The molecule has 12 nitrogen and oxygen atoms in total. The van der Waals surface area contributed by atoms with Gasteiger partial charge in [-0.15, -0.1) is 0 Å². The molecule has 14 heteroatoms. The third-order valence-corrected chi connectivity index (χ3v) is 6.29. The summed E-state index contributed by atoms with van der Waals surface area (Å²) in [5.74, 6) is 0. The van der Waals surface area contributed by atoms with E-state index < -0.39 is 31.6 Å². The van der Waals surface area contributed by atoms with Crippen LogP contribution in [-0.4, -0.2) is 78.0 Å². The summed E-state index contributed by atoms with van der Waals surface area (Å²) in [6.07, 6.45) is -2.57. The fraction of sp³-hybridized carbons (Fsp3) is 0.667. The van der Waals surface area contributed by atoms with Crippen LogP contribution in [-0.2, 0) is 18.9 Å². The van der Waals surface area contributed by atoms with Crippen LogP contribution in [0.25, 0.3) is 0 Å². The SMILES string of the molecule is COC(=O)NC[P+](CNC(=O)OC)(CNC(=O)OC)CNC(=O)OC.[I-]. The Morgan fingerprint density at radius 3 is 0.923 bits per heavy atom. The Morgan fingerprint density at radius 1 is 0.577 bits per heavy atom. The molecule has 0 fully saturated rings. The molecule has 4 N–H and O–H groups in total. The van der Waals surface area contributed by atoms with E-state index in [1.165, 1.54) is 28.4 Å². The highest BCUT2D eigenvalue weighted by atomic mass is 127. The molecule has 0 heterocycles. The zero-order valence-electron chi connectivity index (χ0n) is 14.9. The molecule has 4 amide bonds. The van der Waals surface area contributed by atoms with Gasteiger partial charge in [-0.05, 0) is 0 Å². The first-order valence-electron chi connectivity index (χ1n) is 6.95. The smallest absolute Gasteiger partial charge is 0.409 e. The summed E-state index contributed by atoms with van der Waals surface area (Å²) in [4.78, 5) is 45.6. The first-order chi connectivity index (χ1) is 11.8. The van der Waals surface area contributed by atoms with Crippen LogP contribution in [0.2, 0.25) is 0 Å². The van der Waals surface area contributed by atoms with Gasteiger partial charge in [0, 0.05) is 0 Å². The van der Waals surface area contributed by atoms with E-state index in [1.807, 2.05) is 0 Å². The van der Waals surface area contributed by atoms with Crippen molar-refractivity contribution < 1.29 is 62.1 Å². The molecule has 0 radical (unpaired) electrons. The minimum atomic E-state index is -2.41. The Kier molecular flexibility index (Phi) is 14.7. The van der Waals surface area contributed by atoms with E-state index in [2.05, 4.69) is 40.2 Å². The summed E-state index contributed by atoms with van der Waals surface area (Å²) < 4.78 is 18.1. The van der Waals surface area contributed by atoms with Crippen molar-refractivity contribution in [1.82, 2.24) is 21.3 Å². The Balaban J connectivity index is 0. The maximum Gasteiger partial charge on any atom is 0.409 e. The number of carbonyl (C=O) groups excluding carboxylic acids is 4. The van der Waals surface area contributed by atoms with Crippen molar-refractivity contribution >= 4 is 31.6 Å². The topological polar surface area (TPSA) is 153 Å². The van der Waals surface area contributed by atoms with Gasteiger partial charge in [0.05, 0.1) is 35.7 Å². The van der Waals surface area contributed by atoms with Crippen LogP contribution < -0.4 is 45.2 Å². The monoisotopic (exact) mass is 510 g/mol. The number of rotatable bonds is 8. The molecule has 0 aliphatic carbocycles. The van der Waals surface area contributed by atoms with Gasteiger partial charge in [0.1, 0.15) is 25.1 Å². The average molecular weight is 510 g/mol. The maximum atomic E-state index is 11.4. The highest BCUT2D eigenvalue weighted by Crippen LogP contribution is 2.54. The normalized spacial score (nSPS) is 9.69. The van der Waals surface area contributed by atoms with Gasteiger partial charge < -0.3 is 42.9 Å². The minimum absolute atomic E-state index is 0. The van der Waals surface area contributed by atoms with Crippen LogP contribution in [0.5, 0.6) is 0 Å². The molecule has 0 aromatic carbocycles. The molecule has 0 aromatic rings. The summed E-state index contributed by atoms with van der Waals surface area (Å²) in [6.45, 7) is 0. The molecule has 0 saturated heterocycles. The molecule has 0 aliphatic rings. The summed E-state index contributed by atoms with van der Waals surface area (Å²) in [5.41, 5.74) is 0. The molecule has 0 bridgehead atoms. The Labute approximate surface area is 168 Å². The predicted molar refractivity (Wildman–Crippen MR) is 88.6 cm³/mol. The van der Waals surface area contributed by atoms with Gasteiger partial charge >= 0.3 is 24.4 Å². The lowest BCUT2D eigenvalue weighted by atomic mass is 11.1. The quantitative estimate of drug-likeness (QED) is 0.156. The number of hydrogen-bond acceptors (Lipinski definition) is 8. The fourth-order valence-corrected chi connectivity index (χ4v) is 4.08. The van der Waals surface area contributed by atoms with E-state index in [9.17, 15) is 19.2 Å². The van der Waals surface area contributed by atoms with Crippen molar-refractivity contribution in [2.75, 3.05) is 53.6 Å². The first-order valence-corrected chi connectivity index (χ1v) is 9.47. The molecule has 26 heavy (non-hydrogen) atoms. The van der Waals surface area contributed by atoms with Gasteiger partial charge in [0.2, 0.25) is 0 Å². The van der Waals surface area contributed by atoms with Gasteiger partial charge in [-0.1, -0.05) is 0 Å². The highest BCUT2D eigenvalue weighted by molar-refractivity contribution is 7.75. The number of halogens is 1. The van der Waals surface area contributed by atoms with Crippen LogP contribution in [0.3, 0.4) is 0 Å². The van der Waals surface area contributed by atoms with E-state index in [-0.39, 0.29) is 49.1 Å². The van der Waals surface area contributed by atoms with Gasteiger partial charge in [-0.3, -0.25) is 21.3 Å². The van der Waals surface area contributed by atoms with E-state index in [1.54, 1.807) is 0 Å². The number of hydrogen-bond donors (Lipinski definition) is 4. The highest BCUT2D eigenvalue weighted by Gasteiger charge is 2.40. The number of methoxy groups -OCH3 is 4. The summed E-state index contributed by atoms with van der Waals surface area (Å²) >= 11 is 0. The van der Waals surface area contributed by atoms with E-state index in [4.69, 9.17) is 0 Å². The fourth-order valence-electron chi connectivity index (χ4n) is 1.55. The van der Waals surface area contributed by atoms with Crippen LogP contribution in [0.4, 0.5) is 19.2 Å². The minimum Gasteiger partial charge on any atom is -1.00 e. The molecule has 0 saturated carbocycles. The molecule has 0 unspecified atom stereocenters. The number of alkyl carbamates (subject to hydrolysis) is 4. The predicted octanol–water partition coefficient (Wildman–Crippen LogP) is -2.74. The Morgan fingerprint density at radius 2 is 0.769 bits per heavy atom. The van der Waals surface area contributed by atoms with Crippen molar-refractivity contribution in [1.29, 1.82) is 0 Å². The lowest BCUT2D eigenvalue weighted by Crippen LogP contribution is -3.00. The zero-order chi connectivity index (χ0) is 19.3. The maximum absolute atomic E-state index is 11.4. The van der Waals surface area contributed by atoms with Gasteiger partial charge in [-0.25, -0.2) is 19.2 Å². The largest absolute Gasteiger partial charge is 1.00 e. The van der Waals surface area contributed by atoms with Crippen molar-refractivity contribution in [2.45, 2.75) is 0 Å². The molecule has 0 spiro atoms. The lowest BCUT2D eigenvalue weighted by Gasteiger charge is -2.27. The van der Waals surface area contributed by atoms with Gasteiger partial charge in [-0.2, -0.15) is 0 Å². The summed E-state index contributed by atoms with van der Waals surface area (Å²) in [6, 6.07) is 0. The second kappa shape index (κ2) is 14.4. The average Bonchev–Trinajstić information content (AvgIpc) is 2.65. The number of amides is 4. The molecule has 0 aliphatic heterocycles. The molecule has 152 valence electrons. The summed E-state index contributed by atoms with van der Waals surface area (Å²) in [5, 5.41) is 10.0.